The molecule has 1 heterocycles. The predicted octanol–water partition coefficient (Wildman–Crippen LogP) is 2.05. The second kappa shape index (κ2) is 7.87. The minimum atomic E-state index is -0.701. The maximum Gasteiger partial charge on any atom is 0.159 e. The summed E-state index contributed by atoms with van der Waals surface area (Å²) in [7, 11) is 0. The van der Waals surface area contributed by atoms with Crippen LogP contribution < -0.4 is 4.74 Å². The van der Waals surface area contributed by atoms with Gasteiger partial charge in [-0.1, -0.05) is 26.0 Å². The van der Waals surface area contributed by atoms with Crippen molar-refractivity contribution in [1.29, 1.82) is 0 Å². The van der Waals surface area contributed by atoms with Crippen molar-refractivity contribution in [3.8, 4) is 5.75 Å². The number of ether oxygens (including phenoxy) is 1. The molecule has 0 aliphatic carbocycles. The third-order valence-electron chi connectivity index (χ3n) is 3.49. The Kier molecular flexibility index (Phi) is 5.87. The summed E-state index contributed by atoms with van der Waals surface area (Å²) in [5.41, 5.74) is 0.592. The van der Waals surface area contributed by atoms with Crippen LogP contribution in [0.4, 0.5) is 0 Å². The highest BCUT2D eigenvalue weighted by Crippen LogP contribution is 2.14. The molecule has 1 N–H and O–H groups in total. The number of Topliss-reactive ketones (excluding diaryl/α,β-unsaturated/α-hetero) is 1. The Bertz CT molecular complexity index is 667. The number of aryl methyl sites for hydroxylation is 2. The van der Waals surface area contributed by atoms with Gasteiger partial charge in [-0.3, -0.25) is 4.79 Å². The molecule has 1 aromatic carbocycles. The number of hydrogen-bond donors (Lipinski definition) is 1. The van der Waals surface area contributed by atoms with E-state index in [0.29, 0.717) is 17.9 Å². The van der Waals surface area contributed by atoms with Crippen molar-refractivity contribution in [2.24, 2.45) is 0 Å². The maximum absolute atomic E-state index is 11.4. The smallest absolute Gasteiger partial charge is 0.159 e. The zero-order valence-electron chi connectivity index (χ0n) is 13.8. The Morgan fingerprint density at radius 2 is 2.13 bits per heavy atom. The first kappa shape index (κ1) is 17.1. The van der Waals surface area contributed by atoms with Gasteiger partial charge in [0.1, 0.15) is 24.3 Å². The number of ketones is 1. The highest BCUT2D eigenvalue weighted by molar-refractivity contribution is 5.94. The van der Waals surface area contributed by atoms with Gasteiger partial charge >= 0.3 is 0 Å². The highest BCUT2D eigenvalue weighted by Gasteiger charge is 2.13. The van der Waals surface area contributed by atoms with E-state index in [0.717, 1.165) is 24.5 Å². The monoisotopic (exact) mass is 317 g/mol. The Balaban J connectivity index is 1.95. The number of aliphatic hydroxyl groups excluding tert-OH is 1. The Morgan fingerprint density at radius 3 is 2.78 bits per heavy atom. The van der Waals surface area contributed by atoms with Crippen LogP contribution in [-0.2, 0) is 19.4 Å². The van der Waals surface area contributed by atoms with Crippen molar-refractivity contribution in [2.45, 2.75) is 46.3 Å². The molecule has 0 aliphatic rings. The highest BCUT2D eigenvalue weighted by atomic mass is 16.5. The molecule has 0 saturated heterocycles. The van der Waals surface area contributed by atoms with E-state index in [1.54, 1.807) is 28.9 Å². The summed E-state index contributed by atoms with van der Waals surface area (Å²) < 4.78 is 7.31. The van der Waals surface area contributed by atoms with Crippen LogP contribution in [0.3, 0.4) is 0 Å². The predicted molar refractivity (Wildman–Crippen MR) is 86.7 cm³/mol. The van der Waals surface area contributed by atoms with Crippen LogP contribution in [-0.4, -0.2) is 38.4 Å². The SMILES string of the molecule is CCc1nc(CC)n(CC(O)COc2cccc(C(C)=O)c2)n1. The largest absolute Gasteiger partial charge is 0.491 e. The fourth-order valence-electron chi connectivity index (χ4n) is 2.23. The first-order chi connectivity index (χ1) is 11.0. The van der Waals surface area contributed by atoms with Crippen molar-refractivity contribution in [3.63, 3.8) is 0 Å². The van der Waals surface area contributed by atoms with Gasteiger partial charge in [0.05, 0.1) is 6.54 Å². The Hall–Kier alpha value is -2.21. The quantitative estimate of drug-likeness (QED) is 0.754. The number of aliphatic hydroxyl groups is 1. The van der Waals surface area contributed by atoms with Crippen molar-refractivity contribution in [3.05, 3.63) is 41.5 Å². The van der Waals surface area contributed by atoms with Crippen molar-refractivity contribution >= 4 is 5.78 Å². The summed E-state index contributed by atoms with van der Waals surface area (Å²) in [5.74, 6) is 2.20. The minimum Gasteiger partial charge on any atom is -0.491 e. The summed E-state index contributed by atoms with van der Waals surface area (Å²) in [5, 5.41) is 14.5. The molecule has 2 rings (SSSR count). The molecule has 124 valence electrons. The summed E-state index contributed by atoms with van der Waals surface area (Å²) in [6.45, 7) is 5.99. The van der Waals surface area contributed by atoms with Crippen molar-refractivity contribution in [1.82, 2.24) is 14.8 Å². The van der Waals surface area contributed by atoms with Crippen LogP contribution in [0.2, 0.25) is 0 Å². The Morgan fingerprint density at radius 1 is 1.35 bits per heavy atom. The number of carbonyl (C=O) groups is 1. The van der Waals surface area contributed by atoms with Crippen molar-refractivity contribution < 1.29 is 14.6 Å². The average Bonchev–Trinajstić information content (AvgIpc) is 2.95. The molecule has 2 aromatic rings. The molecule has 6 nitrogen and oxygen atoms in total. The van der Waals surface area contributed by atoms with Crippen LogP contribution >= 0.6 is 0 Å². The molecule has 0 spiro atoms. The zero-order chi connectivity index (χ0) is 16.8. The summed E-state index contributed by atoms with van der Waals surface area (Å²) in [4.78, 5) is 15.8. The first-order valence-electron chi connectivity index (χ1n) is 7.87. The number of nitrogens with zero attached hydrogens (tertiary/aromatic N) is 3. The van der Waals surface area contributed by atoms with Gasteiger partial charge in [-0.2, -0.15) is 5.10 Å². The molecule has 0 radical (unpaired) electrons. The van der Waals surface area contributed by atoms with Crippen LogP contribution in [0.5, 0.6) is 5.75 Å². The van der Waals surface area contributed by atoms with Gasteiger partial charge in [-0.15, -0.1) is 0 Å². The Labute approximate surface area is 136 Å². The number of rotatable bonds is 8. The number of hydrogen-bond acceptors (Lipinski definition) is 5. The number of carbonyl (C=O) groups excluding carboxylic acids is 1. The van der Waals surface area contributed by atoms with E-state index >= 15 is 0 Å². The third kappa shape index (κ3) is 4.63. The van der Waals surface area contributed by atoms with E-state index in [-0.39, 0.29) is 12.4 Å². The summed E-state index contributed by atoms with van der Waals surface area (Å²) in [6.07, 6.45) is 0.832. The minimum absolute atomic E-state index is 0.0155. The van der Waals surface area contributed by atoms with Crippen LogP contribution in [0.15, 0.2) is 24.3 Å². The molecule has 1 unspecified atom stereocenters. The van der Waals surface area contributed by atoms with Crippen LogP contribution in [0.1, 0.15) is 42.8 Å². The number of benzene rings is 1. The van der Waals surface area contributed by atoms with Gasteiger partial charge in [0.2, 0.25) is 0 Å². The molecule has 0 aliphatic heterocycles. The normalized spacial score (nSPS) is 12.2. The van der Waals surface area contributed by atoms with Gasteiger partial charge in [-0.25, -0.2) is 9.67 Å². The topological polar surface area (TPSA) is 77.2 Å². The second-order valence-electron chi connectivity index (χ2n) is 5.38. The molecule has 1 aromatic heterocycles. The molecular weight excluding hydrogens is 294 g/mol. The molecule has 0 fully saturated rings. The van der Waals surface area contributed by atoms with Crippen molar-refractivity contribution in [2.75, 3.05) is 6.61 Å². The van der Waals surface area contributed by atoms with Crippen LogP contribution in [0.25, 0.3) is 0 Å². The lowest BCUT2D eigenvalue weighted by Crippen LogP contribution is -2.25. The molecule has 23 heavy (non-hydrogen) atoms. The number of aromatic nitrogens is 3. The lowest BCUT2D eigenvalue weighted by atomic mass is 10.1. The van der Waals surface area contributed by atoms with Gasteiger partial charge in [0, 0.05) is 18.4 Å². The van der Waals surface area contributed by atoms with Gasteiger partial charge < -0.3 is 9.84 Å². The molecule has 0 saturated carbocycles. The summed E-state index contributed by atoms with van der Waals surface area (Å²) >= 11 is 0. The first-order valence-corrected chi connectivity index (χ1v) is 7.87. The molecule has 1 atom stereocenters. The van der Waals surface area contributed by atoms with Gasteiger partial charge in [-0.05, 0) is 19.1 Å². The average molecular weight is 317 g/mol. The molecule has 6 heteroatoms. The van der Waals surface area contributed by atoms with E-state index in [1.165, 1.54) is 6.92 Å². The third-order valence-corrected chi connectivity index (χ3v) is 3.49. The van der Waals surface area contributed by atoms with Crippen LogP contribution in [0, 0.1) is 0 Å². The lowest BCUT2D eigenvalue weighted by Gasteiger charge is -2.13. The van der Waals surface area contributed by atoms with Gasteiger partial charge in [0.15, 0.2) is 11.6 Å². The standard InChI is InChI=1S/C17H23N3O3/c1-4-16-18-17(5-2)20(19-16)10-14(22)11-23-15-8-6-7-13(9-15)12(3)21/h6-9,14,22H,4-5,10-11H2,1-3H3. The molecular formula is C17H23N3O3. The van der Waals surface area contributed by atoms with E-state index < -0.39 is 6.10 Å². The summed E-state index contributed by atoms with van der Waals surface area (Å²) in [6, 6.07) is 6.94. The van der Waals surface area contributed by atoms with E-state index in [4.69, 9.17) is 4.74 Å². The fourth-order valence-corrected chi connectivity index (χ4v) is 2.23. The van der Waals surface area contributed by atoms with E-state index in [9.17, 15) is 9.90 Å². The van der Waals surface area contributed by atoms with Gasteiger partial charge in [0.25, 0.3) is 0 Å². The second-order valence-corrected chi connectivity index (χ2v) is 5.38. The lowest BCUT2D eigenvalue weighted by molar-refractivity contribution is 0.0882. The van der Waals surface area contributed by atoms with E-state index in [1.807, 2.05) is 13.8 Å². The fraction of sp³-hybridized carbons (Fsp3) is 0.471. The molecule has 0 bridgehead atoms. The molecule has 0 amide bonds. The maximum atomic E-state index is 11.4. The zero-order valence-corrected chi connectivity index (χ0v) is 13.8. The van der Waals surface area contributed by atoms with E-state index in [2.05, 4.69) is 10.1 Å².